The first-order valence-electron chi connectivity index (χ1n) is 6.44. The molecule has 4 atom stereocenters. The van der Waals surface area contributed by atoms with Crippen LogP contribution in [0.15, 0.2) is 17.0 Å². The second-order valence-electron chi connectivity index (χ2n) is 4.98. The lowest BCUT2D eigenvalue weighted by atomic mass is 10.0. The second-order valence-corrected chi connectivity index (χ2v) is 6.20. The van der Waals surface area contributed by atoms with Gasteiger partial charge in [0.05, 0.1) is 12.9 Å². The summed E-state index contributed by atoms with van der Waals surface area (Å²) in [7, 11) is -4.19. The zero-order valence-electron chi connectivity index (χ0n) is 11.6. The van der Waals surface area contributed by atoms with Crippen molar-refractivity contribution in [1.29, 1.82) is 0 Å². The van der Waals surface area contributed by atoms with Gasteiger partial charge in [-0.2, -0.15) is 8.42 Å². The Morgan fingerprint density at radius 1 is 1.30 bits per heavy atom. The van der Waals surface area contributed by atoms with Crippen molar-refractivity contribution in [2.45, 2.75) is 24.4 Å². The molecule has 0 bridgehead atoms. The minimum atomic E-state index is -4.19. The summed E-state index contributed by atoms with van der Waals surface area (Å²) in [4.78, 5) is 7.78. The molecule has 2 aromatic heterocycles. The number of anilines is 1. The van der Waals surface area contributed by atoms with Crippen molar-refractivity contribution >= 4 is 27.2 Å². The number of aliphatic hydroxyl groups excluding tert-OH is 2. The molecule has 11 nitrogen and oxygen atoms in total. The number of fused-ring (bicyclic) bond motifs is 1. The van der Waals surface area contributed by atoms with E-state index < -0.39 is 41.3 Å². The highest BCUT2D eigenvalue weighted by Crippen LogP contribution is 2.38. The molecular weight excluding hydrogens is 332 g/mol. The van der Waals surface area contributed by atoms with Crippen LogP contribution in [0.2, 0.25) is 0 Å². The van der Waals surface area contributed by atoms with Crippen LogP contribution in [0.4, 0.5) is 5.82 Å². The highest BCUT2D eigenvalue weighted by atomic mass is 32.2. The number of hydrogen-bond donors (Lipinski definition) is 4. The van der Waals surface area contributed by atoms with Gasteiger partial charge in [0.2, 0.25) is 0 Å². The van der Waals surface area contributed by atoms with Crippen molar-refractivity contribution in [3.63, 3.8) is 0 Å². The topological polar surface area (TPSA) is 184 Å². The monoisotopic (exact) mass is 346 g/mol. The van der Waals surface area contributed by atoms with E-state index in [4.69, 9.17) is 20.0 Å². The molecule has 1 fully saturated rings. The number of rotatable bonds is 4. The first-order valence-corrected chi connectivity index (χ1v) is 7.91. The summed E-state index contributed by atoms with van der Waals surface area (Å²) in [5.41, 5.74) is 6.54. The Morgan fingerprint density at radius 2 is 2.04 bits per heavy atom. The van der Waals surface area contributed by atoms with E-state index in [1.807, 2.05) is 0 Å². The summed E-state index contributed by atoms with van der Waals surface area (Å²) in [6, 6.07) is 0. The normalized spacial score (nSPS) is 28.5. The van der Waals surface area contributed by atoms with Crippen molar-refractivity contribution in [2.75, 3.05) is 12.3 Å². The van der Waals surface area contributed by atoms with Crippen LogP contribution in [0.5, 0.6) is 0 Å². The van der Waals surface area contributed by atoms with Crippen molar-refractivity contribution in [2.24, 2.45) is 5.14 Å². The minimum absolute atomic E-state index is 0.114. The van der Waals surface area contributed by atoms with E-state index >= 15 is 0 Å². The molecule has 0 unspecified atom stereocenters. The van der Waals surface area contributed by atoms with Crippen LogP contribution in [0.25, 0.3) is 11.1 Å². The lowest BCUT2D eigenvalue weighted by Crippen LogP contribution is -2.34. The second kappa shape index (κ2) is 5.67. The van der Waals surface area contributed by atoms with E-state index in [9.17, 15) is 18.6 Å². The number of hydrogen-bond acceptors (Lipinski definition) is 10. The molecule has 0 aromatic carbocycles. The number of nitrogen functional groups attached to an aromatic ring is 1. The van der Waals surface area contributed by atoms with Crippen LogP contribution in [-0.4, -0.2) is 53.5 Å². The van der Waals surface area contributed by atoms with Gasteiger partial charge >= 0.3 is 10.3 Å². The molecule has 1 aliphatic heterocycles. The number of ether oxygens (including phenoxy) is 1. The largest absolute Gasteiger partial charge is 0.458 e. The third-order valence-corrected chi connectivity index (χ3v) is 3.94. The van der Waals surface area contributed by atoms with E-state index in [1.54, 1.807) is 0 Å². The smallest absolute Gasteiger partial charge is 0.333 e. The maximum absolute atomic E-state index is 10.8. The van der Waals surface area contributed by atoms with Crippen LogP contribution < -0.4 is 10.9 Å². The Balaban J connectivity index is 1.86. The molecule has 1 saturated heterocycles. The van der Waals surface area contributed by atoms with Gasteiger partial charge in [-0.25, -0.2) is 15.1 Å². The zero-order valence-corrected chi connectivity index (χ0v) is 12.4. The molecule has 12 heteroatoms. The van der Waals surface area contributed by atoms with Crippen LogP contribution in [0, 0.1) is 0 Å². The average Bonchev–Trinajstić information content (AvgIpc) is 3.01. The molecule has 1 aliphatic rings. The van der Waals surface area contributed by atoms with Crippen molar-refractivity contribution in [3.8, 4) is 0 Å². The standard InChI is InChI=1S/C11H14N4O7S/c12-11-10-6(14-3-15-11)4(1-20-10)9-8(17)7(16)5(22-9)2-21-23(13,18)19/h1,3,5,7-9,16-17H,2H2,(H2,12,14,15)(H2,13,18,19)/t5-,7-,8-,9+/m1/s1. The maximum atomic E-state index is 10.8. The van der Waals surface area contributed by atoms with Gasteiger partial charge in [-0.05, 0) is 0 Å². The van der Waals surface area contributed by atoms with Gasteiger partial charge in [0, 0.05) is 5.56 Å². The van der Waals surface area contributed by atoms with Crippen LogP contribution >= 0.6 is 0 Å². The summed E-state index contributed by atoms with van der Waals surface area (Å²) < 4.78 is 36.7. The Hall–Kier alpha value is -1.83. The molecule has 0 saturated carbocycles. The molecule has 0 amide bonds. The fraction of sp³-hybridized carbons (Fsp3) is 0.455. The average molecular weight is 346 g/mol. The van der Waals surface area contributed by atoms with Gasteiger partial charge in [-0.3, -0.25) is 4.18 Å². The maximum Gasteiger partial charge on any atom is 0.333 e. The first-order chi connectivity index (χ1) is 10.8. The first kappa shape index (κ1) is 16.0. The van der Waals surface area contributed by atoms with E-state index in [1.165, 1.54) is 12.6 Å². The predicted molar refractivity (Wildman–Crippen MR) is 74.9 cm³/mol. The molecule has 0 radical (unpaired) electrons. The lowest BCUT2D eigenvalue weighted by molar-refractivity contribution is -0.0155. The zero-order chi connectivity index (χ0) is 16.8. The molecule has 3 rings (SSSR count). The van der Waals surface area contributed by atoms with E-state index in [2.05, 4.69) is 14.2 Å². The van der Waals surface area contributed by atoms with Gasteiger partial charge in [0.25, 0.3) is 0 Å². The molecule has 0 spiro atoms. The van der Waals surface area contributed by atoms with Crippen molar-refractivity contribution in [1.82, 2.24) is 9.97 Å². The fourth-order valence-electron chi connectivity index (χ4n) is 2.39. The molecule has 2 aromatic rings. The SMILES string of the molecule is Nc1ncnc2c([C@@H]3O[C@H](COS(N)(=O)=O)[C@@H](O)[C@H]3O)coc12. The summed E-state index contributed by atoms with van der Waals surface area (Å²) in [5, 5.41) is 24.8. The number of nitrogens with two attached hydrogens (primary N) is 2. The Bertz CT molecular complexity index is 823. The van der Waals surface area contributed by atoms with Crippen molar-refractivity contribution in [3.05, 3.63) is 18.2 Å². The molecule has 0 aliphatic carbocycles. The highest BCUT2D eigenvalue weighted by molar-refractivity contribution is 7.84. The van der Waals surface area contributed by atoms with E-state index in [0.717, 1.165) is 0 Å². The van der Waals surface area contributed by atoms with E-state index in [-0.39, 0.29) is 11.4 Å². The summed E-state index contributed by atoms with van der Waals surface area (Å²) >= 11 is 0. The van der Waals surface area contributed by atoms with Crippen LogP contribution in [-0.2, 0) is 19.2 Å². The Labute approximate surface area is 130 Å². The Morgan fingerprint density at radius 3 is 2.74 bits per heavy atom. The number of aromatic nitrogens is 2. The quantitative estimate of drug-likeness (QED) is 0.491. The number of nitrogens with zero attached hydrogens (tertiary/aromatic N) is 2. The number of aliphatic hydroxyl groups is 2. The molecular formula is C11H14N4O7S. The van der Waals surface area contributed by atoms with Gasteiger partial charge in [0.1, 0.15) is 36.3 Å². The summed E-state index contributed by atoms with van der Waals surface area (Å²) in [6.07, 6.45) is -2.34. The fourth-order valence-corrected chi connectivity index (χ4v) is 2.72. The molecule has 3 heterocycles. The van der Waals surface area contributed by atoms with Crippen LogP contribution in [0.3, 0.4) is 0 Å². The third-order valence-electron chi connectivity index (χ3n) is 3.47. The predicted octanol–water partition coefficient (Wildman–Crippen LogP) is -1.81. The van der Waals surface area contributed by atoms with Gasteiger partial charge in [0.15, 0.2) is 11.4 Å². The van der Waals surface area contributed by atoms with Gasteiger partial charge in [-0.15, -0.1) is 0 Å². The highest BCUT2D eigenvalue weighted by Gasteiger charge is 2.45. The third kappa shape index (κ3) is 2.99. The van der Waals surface area contributed by atoms with Gasteiger partial charge < -0.3 is 25.1 Å². The molecule has 23 heavy (non-hydrogen) atoms. The molecule has 126 valence electrons. The lowest BCUT2D eigenvalue weighted by Gasteiger charge is -2.13. The molecule has 6 N–H and O–H groups in total. The van der Waals surface area contributed by atoms with E-state index in [0.29, 0.717) is 11.1 Å². The summed E-state index contributed by atoms with van der Waals surface area (Å²) in [5.74, 6) is 0.114. The van der Waals surface area contributed by atoms with Crippen molar-refractivity contribution < 1.29 is 32.0 Å². The Kier molecular flexibility index (Phi) is 3.95. The van der Waals surface area contributed by atoms with Gasteiger partial charge in [-0.1, -0.05) is 0 Å². The summed E-state index contributed by atoms with van der Waals surface area (Å²) in [6.45, 7) is -0.541. The van der Waals surface area contributed by atoms with Crippen LogP contribution in [0.1, 0.15) is 11.7 Å². The minimum Gasteiger partial charge on any atom is -0.458 e. The number of furan rings is 1.